The molecule has 0 radical (unpaired) electrons. The van der Waals surface area contributed by atoms with Crippen molar-refractivity contribution in [3.05, 3.63) is 35.4 Å². The molecular formula is C19H26F2N2O3. The van der Waals surface area contributed by atoms with E-state index in [1.807, 2.05) is 0 Å². The fraction of sp³-hybridized carbons (Fsp3) is 0.632. The van der Waals surface area contributed by atoms with Crippen LogP contribution < -0.4 is 5.32 Å². The maximum atomic E-state index is 13.3. The number of likely N-dealkylation sites (tertiary alicyclic amines) is 1. The summed E-state index contributed by atoms with van der Waals surface area (Å²) in [5.41, 5.74) is 0.758. The second-order valence-corrected chi connectivity index (χ2v) is 7.02. The molecule has 0 bridgehead atoms. The molecule has 2 saturated heterocycles. The summed E-state index contributed by atoms with van der Waals surface area (Å²) < 4.78 is 37.1. The van der Waals surface area contributed by atoms with Gasteiger partial charge in [-0.3, -0.25) is 9.69 Å². The number of carbonyl (C=O) groups is 1. The number of ether oxygens (including phenoxy) is 2. The highest BCUT2D eigenvalue weighted by Gasteiger charge is 2.21. The molecule has 1 aromatic carbocycles. The largest absolute Gasteiger partial charge is 0.376 e. The highest BCUT2D eigenvalue weighted by atomic mass is 19.2. The number of rotatable bonds is 7. The number of hydrogen-bond acceptors (Lipinski definition) is 4. The number of halogens is 2. The maximum Gasteiger partial charge on any atom is 0.246 e. The van der Waals surface area contributed by atoms with Crippen LogP contribution in [0.15, 0.2) is 18.2 Å². The van der Waals surface area contributed by atoms with Crippen LogP contribution in [0.1, 0.15) is 31.2 Å². The molecule has 0 spiro atoms. The fourth-order valence-electron chi connectivity index (χ4n) is 3.46. The van der Waals surface area contributed by atoms with Crippen molar-refractivity contribution in [2.75, 3.05) is 32.9 Å². The van der Waals surface area contributed by atoms with Crippen LogP contribution in [0.2, 0.25) is 0 Å². The number of piperidine rings is 1. The maximum absolute atomic E-state index is 13.3. The lowest BCUT2D eigenvalue weighted by molar-refractivity contribution is -0.127. The Kier molecular flexibility index (Phi) is 6.93. The van der Waals surface area contributed by atoms with E-state index in [-0.39, 0.29) is 24.7 Å². The molecule has 3 rings (SSSR count). The van der Waals surface area contributed by atoms with Gasteiger partial charge in [0.05, 0.1) is 12.7 Å². The fourth-order valence-corrected chi connectivity index (χ4v) is 3.46. The van der Waals surface area contributed by atoms with Gasteiger partial charge in [0, 0.05) is 32.3 Å². The van der Waals surface area contributed by atoms with Crippen molar-refractivity contribution in [1.29, 1.82) is 0 Å². The highest BCUT2D eigenvalue weighted by molar-refractivity contribution is 5.77. The lowest BCUT2D eigenvalue weighted by Crippen LogP contribution is -2.45. The third-order valence-electron chi connectivity index (χ3n) is 4.90. The van der Waals surface area contributed by atoms with Gasteiger partial charge in [-0.2, -0.15) is 0 Å². The van der Waals surface area contributed by atoms with Crippen molar-refractivity contribution in [2.45, 2.75) is 44.4 Å². The van der Waals surface area contributed by atoms with E-state index in [4.69, 9.17) is 9.47 Å². The van der Waals surface area contributed by atoms with Gasteiger partial charge in [-0.1, -0.05) is 6.07 Å². The smallest absolute Gasteiger partial charge is 0.246 e. The van der Waals surface area contributed by atoms with Crippen LogP contribution in [0.5, 0.6) is 0 Å². The molecule has 1 amide bonds. The average molecular weight is 368 g/mol. The molecule has 144 valence electrons. The summed E-state index contributed by atoms with van der Waals surface area (Å²) in [7, 11) is 0. The van der Waals surface area contributed by atoms with E-state index in [0.29, 0.717) is 13.2 Å². The van der Waals surface area contributed by atoms with Gasteiger partial charge in [-0.25, -0.2) is 8.78 Å². The zero-order chi connectivity index (χ0) is 18.4. The number of nitrogens with zero attached hydrogens (tertiary/aromatic N) is 1. The second-order valence-electron chi connectivity index (χ2n) is 7.02. The normalized spacial score (nSPS) is 21.8. The molecular weight excluding hydrogens is 342 g/mol. The number of carbonyl (C=O) groups excluding carboxylic acids is 1. The Morgan fingerprint density at radius 1 is 1.23 bits per heavy atom. The predicted octanol–water partition coefficient (Wildman–Crippen LogP) is 2.24. The van der Waals surface area contributed by atoms with Gasteiger partial charge >= 0.3 is 0 Å². The van der Waals surface area contributed by atoms with Gasteiger partial charge in [0.15, 0.2) is 11.6 Å². The van der Waals surface area contributed by atoms with Crippen molar-refractivity contribution in [1.82, 2.24) is 10.2 Å². The van der Waals surface area contributed by atoms with Crippen molar-refractivity contribution >= 4 is 5.91 Å². The molecule has 7 heteroatoms. The first kappa shape index (κ1) is 19.2. The monoisotopic (exact) mass is 368 g/mol. The zero-order valence-electron chi connectivity index (χ0n) is 14.9. The van der Waals surface area contributed by atoms with E-state index < -0.39 is 11.6 Å². The summed E-state index contributed by atoms with van der Waals surface area (Å²) in [6.45, 7) is 3.52. The summed E-state index contributed by atoms with van der Waals surface area (Å²) in [5.74, 6) is -1.73. The molecule has 5 nitrogen and oxygen atoms in total. The number of nitrogens with one attached hydrogen (secondary N) is 1. The standard InChI is InChI=1S/C19H26F2N2O3/c20-17-4-3-14(10-18(17)21)11-23-7-5-15(6-8-23)22-19(24)13-25-12-16-2-1-9-26-16/h3-4,10,15-16H,1-2,5-9,11-13H2,(H,22,24)/t16-/m1/s1. The summed E-state index contributed by atoms with van der Waals surface area (Å²) in [6, 6.07) is 4.15. The first-order chi connectivity index (χ1) is 12.6. The molecule has 0 saturated carbocycles. The Balaban J connectivity index is 1.32. The minimum absolute atomic E-state index is 0.0644. The molecule has 2 heterocycles. The Morgan fingerprint density at radius 2 is 2.04 bits per heavy atom. The molecule has 1 N–H and O–H groups in total. The van der Waals surface area contributed by atoms with E-state index in [1.165, 1.54) is 6.07 Å². The Bertz CT molecular complexity index is 600. The van der Waals surface area contributed by atoms with Crippen molar-refractivity contribution in [2.24, 2.45) is 0 Å². The molecule has 1 aromatic rings. The van der Waals surface area contributed by atoms with Crippen molar-refractivity contribution in [3.63, 3.8) is 0 Å². The van der Waals surface area contributed by atoms with Gasteiger partial charge in [0.2, 0.25) is 5.91 Å². The van der Waals surface area contributed by atoms with Gasteiger partial charge < -0.3 is 14.8 Å². The third kappa shape index (κ3) is 5.72. The van der Waals surface area contributed by atoms with E-state index >= 15 is 0 Å². The highest BCUT2D eigenvalue weighted by Crippen LogP contribution is 2.16. The van der Waals surface area contributed by atoms with Crippen LogP contribution in [-0.2, 0) is 20.8 Å². The van der Waals surface area contributed by atoms with Crippen molar-refractivity contribution in [3.8, 4) is 0 Å². The Labute approximate surface area is 152 Å². The summed E-state index contributed by atoms with van der Waals surface area (Å²) in [5, 5.41) is 3.00. The van der Waals surface area contributed by atoms with Gasteiger partial charge in [-0.05, 0) is 43.4 Å². The minimum Gasteiger partial charge on any atom is -0.376 e. The average Bonchev–Trinajstić information content (AvgIpc) is 3.13. The molecule has 26 heavy (non-hydrogen) atoms. The molecule has 2 aliphatic rings. The molecule has 2 fully saturated rings. The number of benzene rings is 1. The first-order valence-corrected chi connectivity index (χ1v) is 9.25. The zero-order valence-corrected chi connectivity index (χ0v) is 14.9. The molecule has 1 atom stereocenters. The van der Waals surface area contributed by atoms with Crippen LogP contribution in [0.3, 0.4) is 0 Å². The number of hydrogen-bond donors (Lipinski definition) is 1. The lowest BCUT2D eigenvalue weighted by Gasteiger charge is -2.32. The van der Waals surface area contributed by atoms with Crippen LogP contribution in [0.25, 0.3) is 0 Å². The molecule has 0 aliphatic carbocycles. The Hall–Kier alpha value is -1.57. The van der Waals surface area contributed by atoms with Crippen LogP contribution in [0.4, 0.5) is 8.78 Å². The van der Waals surface area contributed by atoms with Crippen LogP contribution >= 0.6 is 0 Å². The first-order valence-electron chi connectivity index (χ1n) is 9.25. The quantitative estimate of drug-likeness (QED) is 0.802. The van der Waals surface area contributed by atoms with E-state index in [1.54, 1.807) is 6.07 Å². The van der Waals surface area contributed by atoms with Crippen LogP contribution in [-0.4, -0.2) is 55.9 Å². The van der Waals surface area contributed by atoms with Crippen molar-refractivity contribution < 1.29 is 23.0 Å². The van der Waals surface area contributed by atoms with Gasteiger partial charge in [0.1, 0.15) is 6.61 Å². The molecule has 0 aromatic heterocycles. The molecule has 2 aliphatic heterocycles. The Morgan fingerprint density at radius 3 is 2.73 bits per heavy atom. The topological polar surface area (TPSA) is 50.8 Å². The van der Waals surface area contributed by atoms with Gasteiger partial charge in [-0.15, -0.1) is 0 Å². The predicted molar refractivity (Wildman–Crippen MR) is 92.6 cm³/mol. The summed E-state index contributed by atoms with van der Waals surface area (Å²) in [6.07, 6.45) is 3.85. The minimum atomic E-state index is -0.822. The van der Waals surface area contributed by atoms with E-state index in [0.717, 1.165) is 57.0 Å². The number of amides is 1. The lowest BCUT2D eigenvalue weighted by atomic mass is 10.0. The van der Waals surface area contributed by atoms with Gasteiger partial charge in [0.25, 0.3) is 0 Å². The second kappa shape index (κ2) is 9.39. The van der Waals surface area contributed by atoms with E-state index in [9.17, 15) is 13.6 Å². The molecule has 0 unspecified atom stereocenters. The van der Waals surface area contributed by atoms with E-state index in [2.05, 4.69) is 10.2 Å². The summed E-state index contributed by atoms with van der Waals surface area (Å²) in [4.78, 5) is 14.1. The SMILES string of the molecule is O=C(COC[C@H]1CCCO1)NC1CCN(Cc2ccc(F)c(F)c2)CC1. The summed E-state index contributed by atoms with van der Waals surface area (Å²) >= 11 is 0. The third-order valence-corrected chi connectivity index (χ3v) is 4.90. The van der Waals surface area contributed by atoms with Crippen LogP contribution in [0, 0.1) is 11.6 Å².